The predicted molar refractivity (Wildman–Crippen MR) is 104 cm³/mol. The van der Waals surface area contributed by atoms with E-state index >= 15 is 0 Å². The molecule has 1 fully saturated rings. The van der Waals surface area contributed by atoms with Crippen molar-refractivity contribution in [3.05, 3.63) is 69.0 Å². The Bertz CT molecular complexity index is 1120. The quantitative estimate of drug-likeness (QED) is 0.312. The molecule has 13 nitrogen and oxygen atoms in total. The maximum Gasteiger partial charge on any atom is 0.479 e. The van der Waals surface area contributed by atoms with E-state index in [1.54, 1.807) is 18.2 Å². The summed E-state index contributed by atoms with van der Waals surface area (Å²) in [7, 11) is -9.63. The summed E-state index contributed by atoms with van der Waals surface area (Å²) in [6.07, 6.45) is -5.60. The van der Waals surface area contributed by atoms with Crippen molar-refractivity contribution in [3.8, 4) is 0 Å². The summed E-state index contributed by atoms with van der Waals surface area (Å²) in [5.41, 5.74) is -1.21. The average Bonchev–Trinajstić information content (AvgIpc) is 2.94. The number of hydrogen-bond donors (Lipinski definition) is 5. The molecule has 170 valence electrons. The smallest absolute Gasteiger partial charge is 0.387 e. The number of nitrogens with one attached hydrogen (secondary N) is 1. The SMILES string of the molecule is O=c1ccn([C@@H]2O[C@H](COP(=O)(O)OP(=O)(O)Cc3ccccc3)C(O)[C@@H]2O)c(=O)[nH]1. The number of phosphoric ester groups is 1. The average molecular weight is 478 g/mol. The van der Waals surface area contributed by atoms with E-state index in [-0.39, 0.29) is 0 Å². The van der Waals surface area contributed by atoms with E-state index in [9.17, 15) is 38.7 Å². The Morgan fingerprint density at radius 3 is 2.39 bits per heavy atom. The van der Waals surface area contributed by atoms with Crippen LogP contribution in [0, 0.1) is 0 Å². The van der Waals surface area contributed by atoms with Crippen LogP contribution in [0.2, 0.25) is 0 Å². The highest BCUT2D eigenvalue weighted by atomic mass is 31.3. The summed E-state index contributed by atoms with van der Waals surface area (Å²) >= 11 is 0. The van der Waals surface area contributed by atoms with Gasteiger partial charge >= 0.3 is 21.1 Å². The van der Waals surface area contributed by atoms with Crippen LogP contribution < -0.4 is 11.2 Å². The van der Waals surface area contributed by atoms with Crippen molar-refractivity contribution in [2.75, 3.05) is 6.61 Å². The first-order valence-corrected chi connectivity index (χ1v) is 12.1. The van der Waals surface area contributed by atoms with Gasteiger partial charge in [0.2, 0.25) is 0 Å². The van der Waals surface area contributed by atoms with E-state index in [1.165, 1.54) is 12.1 Å². The van der Waals surface area contributed by atoms with Crippen molar-refractivity contribution >= 4 is 15.4 Å². The summed E-state index contributed by atoms with van der Waals surface area (Å²) in [5, 5.41) is 20.2. The Hall–Kier alpha value is -1.92. The van der Waals surface area contributed by atoms with E-state index in [2.05, 4.69) is 8.83 Å². The second kappa shape index (κ2) is 9.29. The number of aromatic nitrogens is 2. The molecule has 15 heteroatoms. The molecule has 0 aliphatic carbocycles. The zero-order valence-electron chi connectivity index (χ0n) is 15.8. The third-order valence-electron chi connectivity index (χ3n) is 4.32. The molecule has 3 rings (SSSR count). The second-order valence-corrected chi connectivity index (χ2v) is 10.1. The molecule has 5 N–H and O–H groups in total. The minimum atomic E-state index is -5.06. The first kappa shape index (κ1) is 23.7. The maximum atomic E-state index is 12.1. The fourth-order valence-corrected chi connectivity index (χ4v) is 5.64. The van der Waals surface area contributed by atoms with Gasteiger partial charge in [-0.05, 0) is 5.56 Å². The van der Waals surface area contributed by atoms with Crippen LogP contribution in [-0.4, -0.2) is 54.5 Å². The van der Waals surface area contributed by atoms with E-state index in [0.717, 1.165) is 16.8 Å². The van der Waals surface area contributed by atoms with Crippen molar-refractivity contribution in [2.45, 2.75) is 30.7 Å². The molecular weight excluding hydrogens is 458 g/mol. The molecule has 1 saturated heterocycles. The van der Waals surface area contributed by atoms with Gasteiger partial charge < -0.3 is 24.7 Å². The lowest BCUT2D eigenvalue weighted by molar-refractivity contribution is -0.0541. The van der Waals surface area contributed by atoms with Gasteiger partial charge in [-0.1, -0.05) is 30.3 Å². The number of rotatable bonds is 8. The molecule has 1 aliphatic heterocycles. The van der Waals surface area contributed by atoms with Gasteiger partial charge in [0.05, 0.1) is 12.8 Å². The molecule has 1 aliphatic rings. The fraction of sp³-hybridized carbons (Fsp3) is 0.375. The summed E-state index contributed by atoms with van der Waals surface area (Å²) in [6, 6.07) is 8.95. The number of H-pyrrole nitrogens is 1. The molecule has 0 saturated carbocycles. The molecule has 0 bridgehead atoms. The summed E-state index contributed by atoms with van der Waals surface area (Å²) < 4.78 is 39.4. The van der Waals surface area contributed by atoms with Crippen LogP contribution in [0.3, 0.4) is 0 Å². The van der Waals surface area contributed by atoms with E-state index in [1.807, 2.05) is 4.98 Å². The van der Waals surface area contributed by atoms with Gasteiger partial charge in [0.1, 0.15) is 18.3 Å². The predicted octanol–water partition coefficient (Wildman–Crippen LogP) is -0.325. The first-order chi connectivity index (χ1) is 14.5. The van der Waals surface area contributed by atoms with E-state index in [0.29, 0.717) is 5.56 Å². The topological polar surface area (TPSA) is 198 Å². The molecule has 31 heavy (non-hydrogen) atoms. The zero-order valence-corrected chi connectivity index (χ0v) is 17.5. The Morgan fingerprint density at radius 2 is 1.74 bits per heavy atom. The molecular formula is C16H20N2O11P2. The number of phosphoric acid groups is 1. The third-order valence-corrected chi connectivity index (χ3v) is 7.41. The molecule has 2 heterocycles. The highest BCUT2D eigenvalue weighted by Gasteiger charge is 2.45. The van der Waals surface area contributed by atoms with Crippen LogP contribution in [0.5, 0.6) is 0 Å². The van der Waals surface area contributed by atoms with E-state index < -0.39 is 64.0 Å². The van der Waals surface area contributed by atoms with Gasteiger partial charge in [-0.25, -0.2) is 13.7 Å². The van der Waals surface area contributed by atoms with Crippen LogP contribution in [0.1, 0.15) is 11.8 Å². The van der Waals surface area contributed by atoms with E-state index in [4.69, 9.17) is 4.74 Å². The molecule has 1 aromatic heterocycles. The lowest BCUT2D eigenvalue weighted by Gasteiger charge is -2.19. The van der Waals surface area contributed by atoms with Gasteiger partial charge in [0.25, 0.3) is 5.56 Å². The van der Waals surface area contributed by atoms with Gasteiger partial charge in [-0.3, -0.25) is 23.4 Å². The lowest BCUT2D eigenvalue weighted by Crippen LogP contribution is -2.37. The third kappa shape index (κ3) is 6.07. The Balaban J connectivity index is 1.63. The summed E-state index contributed by atoms with van der Waals surface area (Å²) in [6.45, 7) is -0.814. The molecule has 0 spiro atoms. The molecule has 0 radical (unpaired) electrons. The number of aromatic amines is 1. The van der Waals surface area contributed by atoms with Crippen LogP contribution in [0.4, 0.5) is 0 Å². The zero-order chi connectivity index (χ0) is 22.8. The van der Waals surface area contributed by atoms with Gasteiger partial charge in [-0.2, -0.15) is 0 Å². The molecule has 6 atom stereocenters. The Labute approximate surface area is 174 Å². The first-order valence-electron chi connectivity index (χ1n) is 8.85. The number of benzene rings is 1. The van der Waals surface area contributed by atoms with Crippen molar-refractivity contribution in [2.24, 2.45) is 0 Å². The number of aliphatic hydroxyl groups is 2. The van der Waals surface area contributed by atoms with Crippen LogP contribution in [0.15, 0.2) is 52.2 Å². The number of ether oxygens (including phenoxy) is 1. The second-order valence-electron chi connectivity index (χ2n) is 6.69. The normalized spacial score (nSPS) is 27.5. The summed E-state index contributed by atoms with van der Waals surface area (Å²) in [5.74, 6) is 0. The van der Waals surface area contributed by atoms with Crippen molar-refractivity contribution in [3.63, 3.8) is 0 Å². The lowest BCUT2D eigenvalue weighted by atomic mass is 10.1. The van der Waals surface area contributed by atoms with Crippen molar-refractivity contribution < 1.29 is 42.7 Å². The van der Waals surface area contributed by atoms with Crippen LogP contribution in [-0.2, 0) is 28.9 Å². The Kier molecular flexibility index (Phi) is 7.11. The molecule has 1 aromatic carbocycles. The van der Waals surface area contributed by atoms with Gasteiger partial charge in [-0.15, -0.1) is 0 Å². The highest BCUT2D eigenvalue weighted by molar-refractivity contribution is 7.63. The van der Waals surface area contributed by atoms with Gasteiger partial charge in [0.15, 0.2) is 6.23 Å². The number of nitrogens with zero attached hydrogens (tertiary/aromatic N) is 1. The number of hydrogen-bond acceptors (Lipinski definition) is 9. The van der Waals surface area contributed by atoms with Crippen LogP contribution in [0.25, 0.3) is 0 Å². The fourth-order valence-electron chi connectivity index (χ4n) is 2.92. The molecule has 0 amide bonds. The molecule has 3 unspecified atom stereocenters. The van der Waals surface area contributed by atoms with Crippen molar-refractivity contribution in [1.29, 1.82) is 0 Å². The minimum Gasteiger partial charge on any atom is -0.387 e. The minimum absolute atomic E-state index is 0.389. The highest BCUT2D eigenvalue weighted by Crippen LogP contribution is 2.61. The Morgan fingerprint density at radius 1 is 1.06 bits per heavy atom. The largest absolute Gasteiger partial charge is 0.479 e. The molecule has 2 aromatic rings. The standard InChI is InChI=1S/C16H20N2O11P2/c19-12-6-7-18(16(22)17-12)15-14(21)13(20)11(28-15)8-27-31(25,26)29-30(23,24)9-10-4-2-1-3-5-10/h1-7,11,13-15,20-21H,8-9H2,(H,23,24)(H,25,26)(H,17,19,22)/t11-,13?,14+,15-/m1/s1. The van der Waals surface area contributed by atoms with Gasteiger partial charge in [0, 0.05) is 12.3 Å². The van der Waals surface area contributed by atoms with Crippen LogP contribution >= 0.6 is 15.4 Å². The number of aliphatic hydroxyl groups excluding tert-OH is 2. The monoisotopic (exact) mass is 478 g/mol. The maximum absolute atomic E-state index is 12.1. The summed E-state index contributed by atoms with van der Waals surface area (Å²) in [4.78, 5) is 44.6. The van der Waals surface area contributed by atoms with Crippen molar-refractivity contribution in [1.82, 2.24) is 9.55 Å².